The molecule has 0 radical (unpaired) electrons. The van der Waals surface area contributed by atoms with Crippen molar-refractivity contribution in [2.24, 2.45) is 11.8 Å². The molecule has 27 heteroatoms. The minimum Gasteiger partial charge on any atom is -0.505 e. The number of aliphatic hydroxyl groups excluding tert-OH is 1. The zero-order chi connectivity index (χ0) is 70.9. The van der Waals surface area contributed by atoms with Crippen molar-refractivity contribution in [2.45, 2.75) is 154 Å². The van der Waals surface area contributed by atoms with Crippen molar-refractivity contribution >= 4 is 70.8 Å². The molecule has 5 aliphatic rings. The number of carbonyl (C=O) groups is 12. The number of Topliss-reactive ketones (excluding diaryl/α,β-unsaturated/α-hetero) is 2. The Labute approximate surface area is 567 Å². The number of amides is 8. The molecule has 10 atom stereocenters. The van der Waals surface area contributed by atoms with E-state index in [0.29, 0.717) is 12.8 Å². The average Bonchev–Trinajstić information content (AvgIpc) is 1.08. The van der Waals surface area contributed by atoms with Gasteiger partial charge in [0.2, 0.25) is 41.3 Å². The number of ketones is 2. The quantitative estimate of drug-likeness (QED) is 0.143. The monoisotopic (exact) mass is 1350 g/mol. The number of oxazole rings is 1. The van der Waals surface area contributed by atoms with Gasteiger partial charge in [0.25, 0.3) is 11.8 Å². The lowest BCUT2D eigenvalue weighted by Gasteiger charge is -2.40. The van der Waals surface area contributed by atoms with Crippen LogP contribution in [0.15, 0.2) is 137 Å². The molecule has 1 unspecified atom stereocenters. The van der Waals surface area contributed by atoms with Gasteiger partial charge in [0, 0.05) is 71.0 Å². The number of esters is 2. The van der Waals surface area contributed by atoms with Crippen molar-refractivity contribution in [1.82, 2.24) is 50.8 Å². The van der Waals surface area contributed by atoms with E-state index in [4.69, 9.17) is 13.9 Å². The maximum absolute atomic E-state index is 14.8. The smallest absolute Gasteiger partial charge is 0.355 e. The van der Waals surface area contributed by atoms with Gasteiger partial charge in [-0.1, -0.05) is 124 Å². The number of aromatic nitrogens is 2. The van der Waals surface area contributed by atoms with Crippen molar-refractivity contribution in [3.8, 4) is 5.75 Å². The van der Waals surface area contributed by atoms with Gasteiger partial charge < -0.3 is 65.0 Å². The summed E-state index contributed by atoms with van der Waals surface area (Å²) in [6, 6.07) is 11.7. The van der Waals surface area contributed by atoms with E-state index in [-0.39, 0.29) is 123 Å². The minimum absolute atomic E-state index is 0.0315. The van der Waals surface area contributed by atoms with E-state index in [1.807, 2.05) is 26.8 Å². The van der Waals surface area contributed by atoms with Crippen molar-refractivity contribution in [3.05, 3.63) is 161 Å². The number of fused-ring (bicyclic) bond motifs is 5. The fourth-order valence-corrected chi connectivity index (χ4v) is 12.2. The number of hydrogen-bond acceptors (Lipinski definition) is 19. The van der Waals surface area contributed by atoms with Gasteiger partial charge in [0.1, 0.15) is 71.7 Å². The molecule has 3 saturated heterocycles. The van der Waals surface area contributed by atoms with Gasteiger partial charge in [0.05, 0.1) is 12.5 Å². The van der Waals surface area contributed by atoms with E-state index in [1.54, 1.807) is 98.8 Å². The van der Waals surface area contributed by atoms with Crippen LogP contribution in [0, 0.1) is 11.8 Å². The van der Waals surface area contributed by atoms with E-state index >= 15 is 0 Å². The fraction of sp³-hybridized carbons (Fsp3) is 0.437. The van der Waals surface area contributed by atoms with Crippen LogP contribution in [-0.2, 0) is 70.3 Å². The number of likely N-dealkylation sites (N-methyl/N-ethyl adjacent to an activating group) is 1. The summed E-state index contributed by atoms with van der Waals surface area (Å²) in [5.41, 5.74) is 1.37. The third kappa shape index (κ3) is 18.8. The number of aliphatic hydroxyl groups is 1. The molecule has 3 fully saturated rings. The Hall–Kier alpha value is -10.4. The predicted octanol–water partition coefficient (Wildman–Crippen LogP) is 3.86. The second-order valence-electron chi connectivity index (χ2n) is 25.0. The Bertz CT molecular complexity index is 3750. The molecule has 98 heavy (non-hydrogen) atoms. The van der Waals surface area contributed by atoms with Gasteiger partial charge in [-0.3, -0.25) is 47.9 Å². The van der Waals surface area contributed by atoms with Crippen LogP contribution in [0.2, 0.25) is 0 Å². The normalized spacial score (nSPS) is 26.1. The summed E-state index contributed by atoms with van der Waals surface area (Å²) < 4.78 is 17.0. The molecule has 2 bridgehead atoms. The second kappa shape index (κ2) is 34.0. The number of piperidine rings is 1. The number of aromatic hydroxyl groups is 1. The SMILES string of the molecule is C/C1=C/[C@@H](O)CC(=O)Cc2nc(co2)C(=O)N2CCC=C2C(=O)O[C@H](C(C)C)[C@H](C)C=CC(=O)NCC=C1.CC[C@H]1NC(=O)[C@@H](NC(=O)c2ncccc2O)[C@@H](C)OC(=O)[C@H](c2ccccc2)NC(=O)[C@@H]2CC(=O)CCN2C(=O)C(Cc2ccccc2)N(C)C(=O)[C@@H]2CCCN2C1=O. The van der Waals surface area contributed by atoms with Crippen molar-refractivity contribution in [1.29, 1.82) is 0 Å². The zero-order valence-corrected chi connectivity index (χ0v) is 55.8. The van der Waals surface area contributed by atoms with Crippen LogP contribution < -0.4 is 21.3 Å². The highest BCUT2D eigenvalue weighted by atomic mass is 16.6. The van der Waals surface area contributed by atoms with E-state index in [2.05, 4.69) is 31.2 Å². The van der Waals surface area contributed by atoms with E-state index in [9.17, 15) is 67.7 Å². The molecule has 8 amide bonds. The minimum atomic E-state index is -1.68. The lowest BCUT2D eigenvalue weighted by molar-refractivity contribution is -0.157. The van der Waals surface area contributed by atoms with Gasteiger partial charge in [-0.05, 0) is 74.8 Å². The number of rotatable bonds is 7. The molecule has 4 aromatic rings. The summed E-state index contributed by atoms with van der Waals surface area (Å²) in [5.74, 6) is -8.36. The Morgan fingerprint density at radius 2 is 1.52 bits per heavy atom. The third-order valence-corrected chi connectivity index (χ3v) is 17.4. The first-order valence-electron chi connectivity index (χ1n) is 32.8. The standard InChI is InChI=1S/C43H49N7O10.C28H35N3O7/c1-4-29-40(56)49-21-12-17-30(49)41(57)48(3)32(23-26-13-7-5-8-14-26)42(58)50-22-19-28(51)24-31(50)37(53)47-35(27-15-9-6-10-16-27)43(59)60-25(2)34(38(54)45-29)46-39(55)36-33(52)18-11-20-44-36;1-17(2)26-19(4)9-10-24(34)29-11-5-7-18(3)13-20(32)14-21(33)15-25-30-22(16-37-25)27(35)31-12-6-8-23(31)28(36)38-26/h5-11,13-16,18,20,25,29-32,34-35,52H,4,12,17,19,21-24H2,1-3H3,(H,45,54)(H,46,55)(H,47,53);5,7-10,13,16-17,19-20,26,32H,6,11-12,14-15H2,1-4H3,(H,29,34)/b;7-5?,10-9?,18-13-/t25-,29-,30+,31+,32?,34+,35+;19-,20-,26-/m11/s1. The molecule has 6 N–H and O–H groups in total. The Morgan fingerprint density at radius 1 is 0.806 bits per heavy atom. The van der Waals surface area contributed by atoms with Gasteiger partial charge in [-0.25, -0.2) is 19.6 Å². The van der Waals surface area contributed by atoms with Crippen LogP contribution in [0.25, 0.3) is 0 Å². The topological polar surface area (TPSA) is 364 Å². The molecule has 0 aliphatic carbocycles. The number of nitrogens with zero attached hydrogens (tertiary/aromatic N) is 6. The molecule has 2 aromatic carbocycles. The highest BCUT2D eigenvalue weighted by Gasteiger charge is 2.46. The molecular weight excluding hydrogens is 1260 g/mol. The molecule has 0 saturated carbocycles. The van der Waals surface area contributed by atoms with Gasteiger partial charge in [0.15, 0.2) is 17.4 Å². The van der Waals surface area contributed by atoms with Crippen LogP contribution in [0.1, 0.15) is 131 Å². The summed E-state index contributed by atoms with van der Waals surface area (Å²) in [6.07, 6.45) is 9.72. The largest absolute Gasteiger partial charge is 0.505 e. The molecule has 5 aliphatic heterocycles. The van der Waals surface area contributed by atoms with E-state index in [0.717, 1.165) is 17.4 Å². The number of nitrogens with one attached hydrogen (secondary N) is 4. The van der Waals surface area contributed by atoms with E-state index < -0.39 is 119 Å². The number of cyclic esters (lactones) is 2. The van der Waals surface area contributed by atoms with Crippen LogP contribution in [0.5, 0.6) is 5.75 Å². The first-order valence-corrected chi connectivity index (χ1v) is 32.8. The van der Waals surface area contributed by atoms with E-state index in [1.165, 1.54) is 58.0 Å². The number of benzene rings is 2. The molecule has 27 nitrogen and oxygen atoms in total. The van der Waals surface area contributed by atoms with Crippen LogP contribution in [0.3, 0.4) is 0 Å². The Balaban J connectivity index is 0.000000277. The fourth-order valence-electron chi connectivity index (χ4n) is 12.2. The Morgan fingerprint density at radius 3 is 2.22 bits per heavy atom. The summed E-state index contributed by atoms with van der Waals surface area (Å²) in [4.78, 5) is 177. The third-order valence-electron chi connectivity index (χ3n) is 17.4. The predicted molar refractivity (Wildman–Crippen MR) is 352 cm³/mol. The number of ether oxygens (including phenoxy) is 2. The lowest BCUT2D eigenvalue weighted by atomic mass is 9.94. The first-order chi connectivity index (χ1) is 46.8. The summed E-state index contributed by atoms with van der Waals surface area (Å²) >= 11 is 0. The van der Waals surface area contributed by atoms with Crippen molar-refractivity contribution in [2.75, 3.05) is 33.2 Å². The maximum atomic E-state index is 14.8. The summed E-state index contributed by atoms with van der Waals surface area (Å²) in [7, 11) is 1.47. The Kier molecular flexibility index (Phi) is 25.4. The zero-order valence-electron chi connectivity index (χ0n) is 55.8. The number of hydrogen-bond donors (Lipinski definition) is 6. The number of pyridine rings is 1. The highest BCUT2D eigenvalue weighted by molar-refractivity contribution is 6.02. The van der Waals surface area contributed by atoms with Crippen LogP contribution >= 0.6 is 0 Å². The highest BCUT2D eigenvalue weighted by Crippen LogP contribution is 2.29. The lowest BCUT2D eigenvalue weighted by Crippen LogP contribution is -2.61. The van der Waals surface area contributed by atoms with Crippen LogP contribution in [0.4, 0.5) is 0 Å². The molecule has 9 rings (SSSR count). The molecule has 2 aromatic heterocycles. The summed E-state index contributed by atoms with van der Waals surface area (Å²) in [6.45, 7) is 11.0. The van der Waals surface area contributed by atoms with Crippen molar-refractivity contribution in [3.63, 3.8) is 0 Å². The van der Waals surface area contributed by atoms with Gasteiger partial charge >= 0.3 is 11.9 Å². The number of allylic oxidation sites excluding steroid dienone is 2. The van der Waals surface area contributed by atoms with Crippen molar-refractivity contribution < 1.29 is 81.6 Å². The number of carbonyl (C=O) groups excluding carboxylic acids is 12. The summed E-state index contributed by atoms with van der Waals surface area (Å²) in [5, 5.41) is 31.2. The van der Waals surface area contributed by atoms with Gasteiger partial charge in [-0.15, -0.1) is 0 Å². The average molecular weight is 1350 g/mol. The molecular formula is C71H84N10O17. The molecule has 7 heterocycles. The first kappa shape index (κ1) is 73.4. The van der Waals surface area contributed by atoms with Crippen LogP contribution in [-0.4, -0.2) is 192 Å². The molecule has 0 spiro atoms. The maximum Gasteiger partial charge on any atom is 0.355 e. The second-order valence-corrected chi connectivity index (χ2v) is 25.0. The van der Waals surface area contributed by atoms with Gasteiger partial charge in [-0.2, -0.15) is 0 Å². The molecule has 520 valence electrons.